The second-order valence-electron chi connectivity index (χ2n) is 4.48. The van der Waals surface area contributed by atoms with Gasteiger partial charge in [0.05, 0.1) is 0 Å². The van der Waals surface area contributed by atoms with Gasteiger partial charge in [0, 0.05) is 6.04 Å². The third-order valence-corrected chi connectivity index (χ3v) is 3.31. The normalized spacial score (nSPS) is 19.1. The highest BCUT2D eigenvalue weighted by Gasteiger charge is 2.16. The lowest BCUT2D eigenvalue weighted by Gasteiger charge is -2.31. The first-order valence-electron chi connectivity index (χ1n) is 6.25. The van der Waals surface area contributed by atoms with Gasteiger partial charge in [-0.3, -0.25) is 0 Å². The second kappa shape index (κ2) is 7.24. The van der Waals surface area contributed by atoms with Gasteiger partial charge in [0.25, 0.3) is 0 Å². The third-order valence-electron chi connectivity index (χ3n) is 3.31. The summed E-state index contributed by atoms with van der Waals surface area (Å²) in [5.74, 6) is 0. The average molecular weight is 198 g/mol. The Hall–Kier alpha value is -0.0800. The SMILES string of the molecule is CCNCCCN(C)C1CCCCC1. The van der Waals surface area contributed by atoms with E-state index < -0.39 is 0 Å². The van der Waals surface area contributed by atoms with Crippen LogP contribution in [0.2, 0.25) is 0 Å². The molecule has 0 heterocycles. The molecule has 0 aromatic rings. The molecule has 0 bridgehead atoms. The second-order valence-corrected chi connectivity index (χ2v) is 4.48. The van der Waals surface area contributed by atoms with Crippen LogP contribution >= 0.6 is 0 Å². The van der Waals surface area contributed by atoms with Crippen molar-refractivity contribution >= 4 is 0 Å². The highest BCUT2D eigenvalue weighted by atomic mass is 15.1. The fourth-order valence-electron chi connectivity index (χ4n) is 2.33. The summed E-state index contributed by atoms with van der Waals surface area (Å²) in [6, 6.07) is 0.880. The Morgan fingerprint density at radius 3 is 2.57 bits per heavy atom. The van der Waals surface area contributed by atoms with Crippen LogP contribution in [-0.2, 0) is 0 Å². The van der Waals surface area contributed by atoms with Gasteiger partial charge in [-0.25, -0.2) is 0 Å². The van der Waals surface area contributed by atoms with E-state index in [-0.39, 0.29) is 0 Å². The molecule has 0 spiro atoms. The molecule has 0 aromatic heterocycles. The molecule has 0 atom stereocenters. The zero-order chi connectivity index (χ0) is 10.2. The summed E-state index contributed by atoms with van der Waals surface area (Å²) in [6.45, 7) is 5.71. The van der Waals surface area contributed by atoms with Crippen LogP contribution in [0.4, 0.5) is 0 Å². The van der Waals surface area contributed by atoms with Crippen molar-refractivity contribution in [2.24, 2.45) is 0 Å². The van der Waals surface area contributed by atoms with Crippen molar-refractivity contribution in [1.82, 2.24) is 10.2 Å². The van der Waals surface area contributed by atoms with Crippen molar-refractivity contribution in [1.29, 1.82) is 0 Å². The van der Waals surface area contributed by atoms with Crippen LogP contribution in [0.25, 0.3) is 0 Å². The fraction of sp³-hybridized carbons (Fsp3) is 1.00. The Kier molecular flexibility index (Phi) is 6.20. The molecule has 1 N–H and O–H groups in total. The molecule has 0 aromatic carbocycles. The summed E-state index contributed by atoms with van der Waals surface area (Å²) in [5.41, 5.74) is 0. The monoisotopic (exact) mass is 198 g/mol. The van der Waals surface area contributed by atoms with Gasteiger partial charge in [-0.1, -0.05) is 26.2 Å². The van der Waals surface area contributed by atoms with Gasteiger partial charge in [-0.05, 0) is 45.9 Å². The predicted molar refractivity (Wildman–Crippen MR) is 62.7 cm³/mol. The molecule has 0 aliphatic heterocycles. The highest BCUT2D eigenvalue weighted by Crippen LogP contribution is 2.21. The van der Waals surface area contributed by atoms with E-state index in [0.29, 0.717) is 0 Å². The first kappa shape index (κ1) is 12.0. The zero-order valence-corrected chi connectivity index (χ0v) is 9.89. The van der Waals surface area contributed by atoms with Crippen molar-refractivity contribution in [3.8, 4) is 0 Å². The quantitative estimate of drug-likeness (QED) is 0.659. The van der Waals surface area contributed by atoms with Crippen molar-refractivity contribution in [2.75, 3.05) is 26.7 Å². The molecule has 84 valence electrons. The maximum Gasteiger partial charge on any atom is 0.00922 e. The molecule has 2 heteroatoms. The van der Waals surface area contributed by atoms with Crippen LogP contribution in [0.15, 0.2) is 0 Å². The summed E-state index contributed by atoms with van der Waals surface area (Å²) in [7, 11) is 2.29. The minimum Gasteiger partial charge on any atom is -0.317 e. The molecule has 2 nitrogen and oxygen atoms in total. The van der Waals surface area contributed by atoms with E-state index in [1.54, 1.807) is 0 Å². The first-order chi connectivity index (χ1) is 6.84. The summed E-state index contributed by atoms with van der Waals surface area (Å²) in [5, 5.41) is 3.38. The van der Waals surface area contributed by atoms with Crippen LogP contribution in [-0.4, -0.2) is 37.6 Å². The molecule has 1 rings (SSSR count). The average Bonchev–Trinajstić information content (AvgIpc) is 2.25. The fourth-order valence-corrected chi connectivity index (χ4v) is 2.33. The number of nitrogens with one attached hydrogen (secondary N) is 1. The van der Waals surface area contributed by atoms with Crippen LogP contribution < -0.4 is 5.32 Å². The third kappa shape index (κ3) is 4.43. The zero-order valence-electron chi connectivity index (χ0n) is 9.89. The van der Waals surface area contributed by atoms with E-state index in [1.165, 1.54) is 51.6 Å². The molecule has 1 fully saturated rings. The Bertz CT molecular complexity index is 130. The van der Waals surface area contributed by atoms with Crippen LogP contribution in [0, 0.1) is 0 Å². The topological polar surface area (TPSA) is 15.3 Å². The van der Waals surface area contributed by atoms with E-state index in [0.717, 1.165) is 12.6 Å². The van der Waals surface area contributed by atoms with Crippen LogP contribution in [0.1, 0.15) is 45.4 Å². The van der Waals surface area contributed by atoms with Gasteiger partial charge < -0.3 is 10.2 Å². The van der Waals surface area contributed by atoms with Gasteiger partial charge >= 0.3 is 0 Å². The lowest BCUT2D eigenvalue weighted by atomic mass is 9.94. The molecule has 0 radical (unpaired) electrons. The van der Waals surface area contributed by atoms with Crippen molar-refractivity contribution in [2.45, 2.75) is 51.5 Å². The molecule has 0 amide bonds. The Morgan fingerprint density at radius 1 is 1.21 bits per heavy atom. The molecule has 0 unspecified atom stereocenters. The van der Waals surface area contributed by atoms with Crippen molar-refractivity contribution in [3.63, 3.8) is 0 Å². The smallest absolute Gasteiger partial charge is 0.00922 e. The predicted octanol–water partition coefficient (Wildman–Crippen LogP) is 2.25. The van der Waals surface area contributed by atoms with Gasteiger partial charge in [0.1, 0.15) is 0 Å². The Balaban J connectivity index is 2.04. The summed E-state index contributed by atoms with van der Waals surface area (Å²) >= 11 is 0. The van der Waals surface area contributed by atoms with Crippen LogP contribution in [0.3, 0.4) is 0 Å². The maximum atomic E-state index is 3.38. The van der Waals surface area contributed by atoms with E-state index >= 15 is 0 Å². The molecule has 1 saturated carbocycles. The summed E-state index contributed by atoms with van der Waals surface area (Å²) in [4.78, 5) is 2.57. The standard InChI is InChI=1S/C12H26N2/c1-3-13-10-7-11-14(2)12-8-5-4-6-9-12/h12-13H,3-11H2,1-2H3. The Labute approximate surface area is 89.1 Å². The molecule has 1 aliphatic rings. The van der Waals surface area contributed by atoms with Gasteiger partial charge in [-0.15, -0.1) is 0 Å². The molecule has 1 aliphatic carbocycles. The van der Waals surface area contributed by atoms with E-state index in [2.05, 4.69) is 24.2 Å². The lowest BCUT2D eigenvalue weighted by molar-refractivity contribution is 0.190. The largest absolute Gasteiger partial charge is 0.317 e. The minimum atomic E-state index is 0.880. The van der Waals surface area contributed by atoms with E-state index in [1.807, 2.05) is 0 Å². The van der Waals surface area contributed by atoms with Gasteiger partial charge in [0.15, 0.2) is 0 Å². The number of hydrogen-bond acceptors (Lipinski definition) is 2. The number of rotatable bonds is 6. The Morgan fingerprint density at radius 2 is 1.93 bits per heavy atom. The number of nitrogens with zero attached hydrogens (tertiary/aromatic N) is 1. The molecule has 14 heavy (non-hydrogen) atoms. The van der Waals surface area contributed by atoms with Gasteiger partial charge in [0.2, 0.25) is 0 Å². The lowest BCUT2D eigenvalue weighted by Crippen LogP contribution is -2.35. The van der Waals surface area contributed by atoms with Gasteiger partial charge in [-0.2, -0.15) is 0 Å². The maximum absolute atomic E-state index is 3.38. The highest BCUT2D eigenvalue weighted by molar-refractivity contribution is 4.73. The van der Waals surface area contributed by atoms with E-state index in [9.17, 15) is 0 Å². The van der Waals surface area contributed by atoms with Crippen molar-refractivity contribution in [3.05, 3.63) is 0 Å². The summed E-state index contributed by atoms with van der Waals surface area (Å²) < 4.78 is 0. The minimum absolute atomic E-state index is 0.880. The van der Waals surface area contributed by atoms with Crippen LogP contribution in [0.5, 0.6) is 0 Å². The van der Waals surface area contributed by atoms with Crippen molar-refractivity contribution < 1.29 is 0 Å². The molecular weight excluding hydrogens is 172 g/mol. The number of hydrogen-bond donors (Lipinski definition) is 1. The molecule has 0 saturated heterocycles. The first-order valence-corrected chi connectivity index (χ1v) is 6.25. The molecular formula is C12H26N2. The van der Waals surface area contributed by atoms with E-state index in [4.69, 9.17) is 0 Å². The summed E-state index contributed by atoms with van der Waals surface area (Å²) in [6.07, 6.45) is 8.50.